The number of guanidine groups is 1. The maximum Gasteiger partial charge on any atom is 0.188 e. The van der Waals surface area contributed by atoms with Gasteiger partial charge in [0.2, 0.25) is 0 Å². The first-order chi connectivity index (χ1) is 7.63. The molecule has 0 fully saturated rings. The Kier molecular flexibility index (Phi) is 8.03. The van der Waals surface area contributed by atoms with Crippen LogP contribution < -0.4 is 11.1 Å². The van der Waals surface area contributed by atoms with Gasteiger partial charge in [-0.25, -0.2) is 4.99 Å². The molecule has 1 aromatic rings. The summed E-state index contributed by atoms with van der Waals surface area (Å²) in [6.45, 7) is 7.48. The molecule has 5 heteroatoms. The second-order valence-electron chi connectivity index (χ2n) is 3.92. The van der Waals surface area contributed by atoms with E-state index in [0.717, 1.165) is 36.5 Å². The molecule has 0 aliphatic carbocycles. The van der Waals surface area contributed by atoms with E-state index in [4.69, 9.17) is 10.2 Å². The van der Waals surface area contributed by atoms with E-state index in [1.807, 2.05) is 19.9 Å². The average Bonchev–Trinajstić information content (AvgIpc) is 2.55. The van der Waals surface area contributed by atoms with Crippen LogP contribution in [0.2, 0.25) is 0 Å². The minimum Gasteiger partial charge on any atom is -0.466 e. The average molecular weight is 351 g/mol. The Morgan fingerprint density at radius 3 is 2.71 bits per heavy atom. The van der Waals surface area contributed by atoms with Crippen LogP contribution in [-0.2, 0) is 6.54 Å². The van der Waals surface area contributed by atoms with Gasteiger partial charge in [0.15, 0.2) is 5.96 Å². The summed E-state index contributed by atoms with van der Waals surface area (Å²) >= 11 is 0. The summed E-state index contributed by atoms with van der Waals surface area (Å²) in [4.78, 5) is 4.26. The van der Waals surface area contributed by atoms with Gasteiger partial charge in [0, 0.05) is 12.1 Å². The molecule has 0 saturated carbocycles. The molecular weight excluding hydrogens is 329 g/mol. The van der Waals surface area contributed by atoms with Crippen molar-refractivity contribution in [3.63, 3.8) is 0 Å². The van der Waals surface area contributed by atoms with Gasteiger partial charge < -0.3 is 15.5 Å². The number of hydrogen-bond acceptors (Lipinski definition) is 2. The summed E-state index contributed by atoms with van der Waals surface area (Å²) in [5.74, 6) is 2.34. The van der Waals surface area contributed by atoms with Crippen LogP contribution in [0.25, 0.3) is 0 Å². The molecule has 1 heterocycles. The highest BCUT2D eigenvalue weighted by atomic mass is 127. The minimum absolute atomic E-state index is 0. The molecule has 98 valence electrons. The highest BCUT2D eigenvalue weighted by Crippen LogP contribution is 2.14. The fourth-order valence-corrected chi connectivity index (χ4v) is 1.46. The summed E-state index contributed by atoms with van der Waals surface area (Å²) in [6, 6.07) is 2.00. The van der Waals surface area contributed by atoms with E-state index in [1.54, 1.807) is 0 Å². The van der Waals surface area contributed by atoms with E-state index in [9.17, 15) is 0 Å². The number of aliphatic imine (C=N–C) groups is 1. The van der Waals surface area contributed by atoms with Crippen LogP contribution >= 0.6 is 24.0 Å². The third-order valence-electron chi connectivity index (χ3n) is 2.40. The molecule has 4 nitrogen and oxygen atoms in total. The monoisotopic (exact) mass is 351 g/mol. The smallest absolute Gasteiger partial charge is 0.188 e. The first-order valence-electron chi connectivity index (χ1n) is 5.73. The number of furan rings is 1. The van der Waals surface area contributed by atoms with Crippen LogP contribution in [0.3, 0.4) is 0 Å². The maximum atomic E-state index is 5.73. The molecule has 3 N–H and O–H groups in total. The molecular formula is C12H22IN3O. The second kappa shape index (κ2) is 8.38. The Bertz CT molecular complexity index is 361. The van der Waals surface area contributed by atoms with Crippen molar-refractivity contribution < 1.29 is 4.42 Å². The third-order valence-corrected chi connectivity index (χ3v) is 2.40. The van der Waals surface area contributed by atoms with Crippen LogP contribution in [0.4, 0.5) is 0 Å². The lowest BCUT2D eigenvalue weighted by Gasteiger charge is -2.03. The summed E-state index contributed by atoms with van der Waals surface area (Å²) in [7, 11) is 0. The highest BCUT2D eigenvalue weighted by molar-refractivity contribution is 14.0. The second-order valence-corrected chi connectivity index (χ2v) is 3.92. The Labute approximate surface area is 120 Å². The molecule has 0 atom stereocenters. The minimum atomic E-state index is 0. The van der Waals surface area contributed by atoms with Gasteiger partial charge >= 0.3 is 0 Å². The van der Waals surface area contributed by atoms with Crippen molar-refractivity contribution in [2.24, 2.45) is 10.7 Å². The van der Waals surface area contributed by atoms with Crippen molar-refractivity contribution >= 4 is 29.9 Å². The lowest BCUT2D eigenvalue weighted by molar-refractivity contribution is 0.501. The first kappa shape index (κ1) is 16.3. The molecule has 0 unspecified atom stereocenters. The summed E-state index contributed by atoms with van der Waals surface area (Å²) in [5, 5.41) is 3.08. The lowest BCUT2D eigenvalue weighted by atomic mass is 10.2. The topological polar surface area (TPSA) is 63.5 Å². The van der Waals surface area contributed by atoms with E-state index in [1.165, 1.54) is 0 Å². The molecule has 0 saturated heterocycles. The summed E-state index contributed by atoms with van der Waals surface area (Å²) in [5.41, 5.74) is 6.82. The Balaban J connectivity index is 0.00000256. The van der Waals surface area contributed by atoms with Crippen molar-refractivity contribution in [1.29, 1.82) is 0 Å². The molecule has 0 aromatic carbocycles. The maximum absolute atomic E-state index is 5.73. The van der Waals surface area contributed by atoms with Gasteiger partial charge in [0.25, 0.3) is 0 Å². The Morgan fingerprint density at radius 1 is 1.47 bits per heavy atom. The highest BCUT2D eigenvalue weighted by Gasteiger charge is 2.03. The lowest BCUT2D eigenvalue weighted by Crippen LogP contribution is -2.32. The predicted octanol–water partition coefficient (Wildman–Crippen LogP) is 2.72. The number of nitrogens with two attached hydrogens (primary N) is 1. The molecule has 0 aliphatic heterocycles. The van der Waals surface area contributed by atoms with E-state index >= 15 is 0 Å². The van der Waals surface area contributed by atoms with Crippen LogP contribution in [-0.4, -0.2) is 12.5 Å². The molecule has 0 aliphatic rings. The molecule has 1 aromatic heterocycles. The number of nitrogens with zero attached hydrogens (tertiary/aromatic N) is 1. The van der Waals surface area contributed by atoms with Gasteiger partial charge in [0.05, 0.1) is 6.54 Å². The summed E-state index contributed by atoms with van der Waals surface area (Å²) < 4.78 is 5.41. The van der Waals surface area contributed by atoms with Crippen molar-refractivity contribution in [1.82, 2.24) is 5.32 Å². The van der Waals surface area contributed by atoms with Crippen molar-refractivity contribution in [3.8, 4) is 0 Å². The van der Waals surface area contributed by atoms with Crippen LogP contribution in [0, 0.1) is 13.8 Å². The molecule has 0 radical (unpaired) electrons. The van der Waals surface area contributed by atoms with Crippen molar-refractivity contribution in [3.05, 3.63) is 23.2 Å². The number of rotatable bonds is 5. The van der Waals surface area contributed by atoms with Crippen LogP contribution in [0.1, 0.15) is 36.8 Å². The first-order valence-corrected chi connectivity index (χ1v) is 5.73. The fourth-order valence-electron chi connectivity index (χ4n) is 1.46. The number of halogens is 1. The van der Waals surface area contributed by atoms with E-state index in [2.05, 4.69) is 17.2 Å². The normalized spacial score (nSPS) is 11.1. The number of hydrogen-bond donors (Lipinski definition) is 2. The van der Waals surface area contributed by atoms with Gasteiger partial charge in [0.1, 0.15) is 11.5 Å². The van der Waals surface area contributed by atoms with Crippen molar-refractivity contribution in [2.75, 3.05) is 6.54 Å². The molecule has 0 spiro atoms. The van der Waals surface area contributed by atoms with Gasteiger partial charge in [-0.2, -0.15) is 0 Å². The van der Waals surface area contributed by atoms with Crippen LogP contribution in [0.5, 0.6) is 0 Å². The van der Waals surface area contributed by atoms with Crippen molar-refractivity contribution in [2.45, 2.75) is 40.2 Å². The SMILES string of the molecule is CCCCNC(N)=NCc1cc(C)oc1C.I. The van der Waals surface area contributed by atoms with E-state index in [-0.39, 0.29) is 24.0 Å². The third kappa shape index (κ3) is 5.95. The zero-order valence-electron chi connectivity index (χ0n) is 10.7. The largest absolute Gasteiger partial charge is 0.466 e. The zero-order valence-corrected chi connectivity index (χ0v) is 13.1. The number of aryl methyl sites for hydroxylation is 2. The standard InChI is InChI=1S/C12H21N3O.HI/c1-4-5-6-14-12(13)15-8-11-7-9(2)16-10(11)3;/h7H,4-6,8H2,1-3H3,(H3,13,14,15);1H. The Hall–Kier alpha value is -0.720. The van der Waals surface area contributed by atoms with Gasteiger partial charge in [-0.1, -0.05) is 13.3 Å². The molecule has 0 amide bonds. The number of unbranched alkanes of at least 4 members (excludes halogenated alkanes) is 1. The van der Waals surface area contributed by atoms with Gasteiger partial charge in [-0.3, -0.25) is 0 Å². The Morgan fingerprint density at radius 2 is 2.18 bits per heavy atom. The zero-order chi connectivity index (χ0) is 12.0. The molecule has 0 bridgehead atoms. The quantitative estimate of drug-likeness (QED) is 0.371. The predicted molar refractivity (Wildman–Crippen MR) is 81.8 cm³/mol. The van der Waals surface area contributed by atoms with E-state index < -0.39 is 0 Å². The summed E-state index contributed by atoms with van der Waals surface area (Å²) in [6.07, 6.45) is 2.26. The fraction of sp³-hybridized carbons (Fsp3) is 0.583. The molecule has 17 heavy (non-hydrogen) atoms. The van der Waals surface area contributed by atoms with Gasteiger partial charge in [-0.05, 0) is 26.3 Å². The molecule has 1 rings (SSSR count). The van der Waals surface area contributed by atoms with E-state index in [0.29, 0.717) is 12.5 Å². The number of nitrogens with one attached hydrogen (secondary N) is 1. The van der Waals surface area contributed by atoms with Crippen LogP contribution in [0.15, 0.2) is 15.5 Å². The van der Waals surface area contributed by atoms with Gasteiger partial charge in [-0.15, -0.1) is 24.0 Å².